The highest BCUT2D eigenvalue weighted by Crippen LogP contribution is 2.29. The molecule has 0 bridgehead atoms. The molecule has 174 valence electrons. The predicted octanol–water partition coefficient (Wildman–Crippen LogP) is 2.45. The molecule has 3 aromatic rings. The summed E-state index contributed by atoms with van der Waals surface area (Å²) in [5.74, 6) is 0.581. The van der Waals surface area contributed by atoms with Crippen molar-refractivity contribution in [1.29, 1.82) is 0 Å². The number of nitrogens with two attached hydrogens (primary N) is 1. The molecule has 0 radical (unpaired) electrons. The number of nitrogen functional groups attached to an aromatic ring is 1. The lowest BCUT2D eigenvalue weighted by molar-refractivity contribution is -0.143. The SMILES string of the molecule is Cc1cc(-c2nn(C(F)F)cc2Cc2ccccc2OCCN2CCOCC2=O)nc(N)n1. The second-order valence-electron chi connectivity index (χ2n) is 7.58. The Balaban J connectivity index is 1.56. The van der Waals surface area contributed by atoms with Crippen LogP contribution in [0.4, 0.5) is 14.7 Å². The van der Waals surface area contributed by atoms with E-state index in [0.29, 0.717) is 59.4 Å². The van der Waals surface area contributed by atoms with Gasteiger partial charge in [0.25, 0.3) is 0 Å². The van der Waals surface area contributed by atoms with Gasteiger partial charge in [0.05, 0.1) is 18.8 Å². The first-order chi connectivity index (χ1) is 15.9. The van der Waals surface area contributed by atoms with Crippen molar-refractivity contribution >= 4 is 11.9 Å². The number of benzene rings is 1. The average Bonchev–Trinajstić information content (AvgIpc) is 3.20. The molecule has 2 aromatic heterocycles. The van der Waals surface area contributed by atoms with Gasteiger partial charge in [-0.25, -0.2) is 14.6 Å². The van der Waals surface area contributed by atoms with E-state index in [4.69, 9.17) is 15.2 Å². The van der Waals surface area contributed by atoms with Crippen LogP contribution in [0.1, 0.15) is 23.4 Å². The lowest BCUT2D eigenvalue weighted by Crippen LogP contribution is -2.43. The van der Waals surface area contributed by atoms with Crippen molar-refractivity contribution in [2.45, 2.75) is 19.9 Å². The van der Waals surface area contributed by atoms with Crippen LogP contribution in [0.15, 0.2) is 36.5 Å². The second-order valence-corrected chi connectivity index (χ2v) is 7.58. The maximum atomic E-state index is 13.4. The van der Waals surface area contributed by atoms with Gasteiger partial charge in [-0.2, -0.15) is 13.9 Å². The molecule has 2 N–H and O–H groups in total. The van der Waals surface area contributed by atoms with E-state index < -0.39 is 6.55 Å². The summed E-state index contributed by atoms with van der Waals surface area (Å²) in [7, 11) is 0. The number of hydrogen-bond donors (Lipinski definition) is 1. The Morgan fingerprint density at radius 3 is 2.82 bits per heavy atom. The van der Waals surface area contributed by atoms with Gasteiger partial charge in [-0.15, -0.1) is 0 Å². The maximum Gasteiger partial charge on any atom is 0.333 e. The molecule has 0 saturated carbocycles. The number of carbonyl (C=O) groups excluding carboxylic acids is 1. The average molecular weight is 458 g/mol. The third-order valence-electron chi connectivity index (χ3n) is 5.18. The molecule has 0 unspecified atom stereocenters. The number of alkyl halides is 2. The summed E-state index contributed by atoms with van der Waals surface area (Å²) in [6.07, 6.45) is 1.59. The smallest absolute Gasteiger partial charge is 0.333 e. The van der Waals surface area contributed by atoms with E-state index >= 15 is 0 Å². The molecule has 1 amide bonds. The molecule has 0 aliphatic carbocycles. The van der Waals surface area contributed by atoms with Gasteiger partial charge < -0.3 is 20.1 Å². The topological polar surface area (TPSA) is 108 Å². The zero-order valence-corrected chi connectivity index (χ0v) is 18.1. The summed E-state index contributed by atoms with van der Waals surface area (Å²) in [6.45, 7) is 0.801. The van der Waals surface area contributed by atoms with Crippen LogP contribution < -0.4 is 10.5 Å². The summed E-state index contributed by atoms with van der Waals surface area (Å²) in [6, 6.07) is 8.99. The third-order valence-corrected chi connectivity index (χ3v) is 5.18. The van der Waals surface area contributed by atoms with E-state index in [9.17, 15) is 13.6 Å². The normalized spacial score (nSPS) is 14.2. The van der Waals surface area contributed by atoms with Gasteiger partial charge in [0, 0.05) is 30.4 Å². The van der Waals surface area contributed by atoms with Crippen molar-refractivity contribution in [2.24, 2.45) is 0 Å². The van der Waals surface area contributed by atoms with Crippen LogP contribution in [-0.2, 0) is 16.0 Å². The van der Waals surface area contributed by atoms with E-state index in [2.05, 4.69) is 15.1 Å². The van der Waals surface area contributed by atoms with Crippen LogP contribution in [0.25, 0.3) is 11.4 Å². The zero-order chi connectivity index (χ0) is 23.4. The number of morpholine rings is 1. The lowest BCUT2D eigenvalue weighted by atomic mass is 10.0. The molecule has 1 aliphatic heterocycles. The Hall–Kier alpha value is -3.60. The largest absolute Gasteiger partial charge is 0.491 e. The molecular weight excluding hydrogens is 434 g/mol. The number of anilines is 1. The van der Waals surface area contributed by atoms with Crippen molar-refractivity contribution in [3.05, 3.63) is 53.3 Å². The molecule has 1 aromatic carbocycles. The molecule has 3 heterocycles. The fourth-order valence-electron chi connectivity index (χ4n) is 3.64. The molecule has 4 rings (SSSR count). The Bertz CT molecular complexity index is 1120. The first kappa shape index (κ1) is 22.6. The molecule has 0 spiro atoms. The van der Waals surface area contributed by atoms with Crippen LogP contribution in [0, 0.1) is 6.92 Å². The first-order valence-corrected chi connectivity index (χ1v) is 10.4. The predicted molar refractivity (Wildman–Crippen MR) is 116 cm³/mol. The molecule has 1 fully saturated rings. The number of halogens is 2. The van der Waals surface area contributed by atoms with Crippen LogP contribution >= 0.6 is 0 Å². The fraction of sp³-hybridized carbons (Fsp3) is 0.364. The van der Waals surface area contributed by atoms with E-state index in [1.165, 1.54) is 6.20 Å². The Morgan fingerprint density at radius 1 is 1.24 bits per heavy atom. The standard InChI is InChI=1S/C22H24F2N6O3/c1-14-10-17(27-22(25)26-14)20-16(12-30(28-20)21(23)24)11-15-4-2-3-5-18(15)33-9-7-29-6-8-32-13-19(29)31/h2-5,10,12,21H,6-9,11,13H2,1H3,(H2,25,26,27). The minimum atomic E-state index is -2.80. The van der Waals surface area contributed by atoms with Gasteiger partial charge in [-0.05, 0) is 24.6 Å². The number of carbonyl (C=O) groups is 1. The minimum absolute atomic E-state index is 0.0453. The molecule has 33 heavy (non-hydrogen) atoms. The Kier molecular flexibility index (Phi) is 6.78. The molecule has 11 heteroatoms. The molecule has 1 saturated heterocycles. The number of nitrogens with zero attached hydrogens (tertiary/aromatic N) is 5. The van der Waals surface area contributed by atoms with Gasteiger partial charge in [0.1, 0.15) is 24.7 Å². The fourth-order valence-corrected chi connectivity index (χ4v) is 3.64. The number of para-hydroxylation sites is 1. The molecule has 0 atom stereocenters. The summed E-state index contributed by atoms with van der Waals surface area (Å²) in [5.41, 5.74) is 8.38. The van der Waals surface area contributed by atoms with Crippen molar-refractivity contribution in [1.82, 2.24) is 24.6 Å². The number of ether oxygens (including phenoxy) is 2. The molecule has 9 nitrogen and oxygen atoms in total. The maximum absolute atomic E-state index is 13.4. The Morgan fingerprint density at radius 2 is 2.06 bits per heavy atom. The number of amides is 1. The van der Waals surface area contributed by atoms with Crippen molar-refractivity contribution in [2.75, 3.05) is 38.6 Å². The van der Waals surface area contributed by atoms with E-state index in [0.717, 1.165) is 5.56 Å². The highest BCUT2D eigenvalue weighted by atomic mass is 19.3. The lowest BCUT2D eigenvalue weighted by Gasteiger charge is -2.26. The third kappa shape index (κ3) is 5.43. The van der Waals surface area contributed by atoms with E-state index in [-0.39, 0.29) is 24.9 Å². The van der Waals surface area contributed by atoms with Gasteiger partial charge in [0.15, 0.2) is 0 Å². The number of aromatic nitrogens is 4. The van der Waals surface area contributed by atoms with Crippen molar-refractivity contribution in [3.63, 3.8) is 0 Å². The minimum Gasteiger partial charge on any atom is -0.491 e. The van der Waals surface area contributed by atoms with E-state index in [1.54, 1.807) is 24.0 Å². The first-order valence-electron chi connectivity index (χ1n) is 10.4. The van der Waals surface area contributed by atoms with Crippen LogP contribution in [0.3, 0.4) is 0 Å². The monoisotopic (exact) mass is 458 g/mol. The number of aryl methyl sites for hydroxylation is 1. The van der Waals surface area contributed by atoms with Crippen LogP contribution in [-0.4, -0.2) is 63.5 Å². The van der Waals surface area contributed by atoms with Crippen molar-refractivity contribution < 1.29 is 23.0 Å². The molecule has 1 aliphatic rings. The van der Waals surface area contributed by atoms with Gasteiger partial charge in [-0.3, -0.25) is 4.79 Å². The van der Waals surface area contributed by atoms with Gasteiger partial charge in [0.2, 0.25) is 11.9 Å². The quantitative estimate of drug-likeness (QED) is 0.552. The summed E-state index contributed by atoms with van der Waals surface area (Å²) >= 11 is 0. The highest BCUT2D eigenvalue weighted by molar-refractivity contribution is 5.78. The summed E-state index contributed by atoms with van der Waals surface area (Å²) in [4.78, 5) is 21.8. The van der Waals surface area contributed by atoms with Crippen LogP contribution in [0.2, 0.25) is 0 Å². The van der Waals surface area contributed by atoms with Gasteiger partial charge in [-0.1, -0.05) is 18.2 Å². The van der Waals surface area contributed by atoms with Crippen LogP contribution in [0.5, 0.6) is 5.75 Å². The summed E-state index contributed by atoms with van der Waals surface area (Å²) in [5, 5.41) is 4.04. The number of hydrogen-bond acceptors (Lipinski definition) is 7. The zero-order valence-electron chi connectivity index (χ0n) is 18.1. The molecular formula is C22H24F2N6O3. The second kappa shape index (κ2) is 9.90. The highest BCUT2D eigenvalue weighted by Gasteiger charge is 2.20. The van der Waals surface area contributed by atoms with Gasteiger partial charge >= 0.3 is 6.55 Å². The Labute approximate surface area is 189 Å². The number of rotatable bonds is 8. The summed E-state index contributed by atoms with van der Waals surface area (Å²) < 4.78 is 38.5. The van der Waals surface area contributed by atoms with E-state index in [1.807, 2.05) is 18.2 Å². The van der Waals surface area contributed by atoms with Crippen molar-refractivity contribution in [3.8, 4) is 17.1 Å².